The molecular weight excluding hydrogens is 326 g/mol. The van der Waals surface area contributed by atoms with Gasteiger partial charge in [-0.1, -0.05) is 18.2 Å². The Morgan fingerprint density at radius 2 is 1.77 bits per heavy atom. The lowest BCUT2D eigenvalue weighted by molar-refractivity contribution is -0.115. The number of para-hydroxylation sites is 1. The molecule has 1 aliphatic heterocycles. The molecule has 5 nitrogen and oxygen atoms in total. The van der Waals surface area contributed by atoms with Crippen LogP contribution >= 0.6 is 0 Å². The molecule has 3 rings (SSSR count). The molecule has 1 heterocycles. The minimum atomic E-state index is -0.0504. The summed E-state index contributed by atoms with van der Waals surface area (Å²) in [4.78, 5) is 14.5. The number of nitrogens with one attached hydrogen (secondary N) is 2. The molecule has 2 aromatic rings. The van der Waals surface area contributed by atoms with Crippen molar-refractivity contribution < 1.29 is 9.53 Å². The third kappa shape index (κ3) is 4.99. The molecule has 0 unspecified atom stereocenters. The summed E-state index contributed by atoms with van der Waals surface area (Å²) in [6, 6.07) is 15.9. The third-order valence-electron chi connectivity index (χ3n) is 4.67. The maximum atomic E-state index is 12.1. The minimum Gasteiger partial charge on any atom is -0.496 e. The van der Waals surface area contributed by atoms with Crippen LogP contribution in [0, 0.1) is 0 Å². The van der Waals surface area contributed by atoms with E-state index in [4.69, 9.17) is 4.74 Å². The van der Waals surface area contributed by atoms with Crippen molar-refractivity contribution in [2.75, 3.05) is 37.0 Å². The summed E-state index contributed by atoms with van der Waals surface area (Å²) in [7, 11) is 1.65. The Hall–Kier alpha value is -2.53. The predicted molar refractivity (Wildman–Crippen MR) is 106 cm³/mol. The molecule has 1 fully saturated rings. The molecule has 5 heteroatoms. The highest BCUT2D eigenvalue weighted by atomic mass is 16.5. The lowest BCUT2D eigenvalue weighted by Crippen LogP contribution is -2.29. The number of hydrogen-bond donors (Lipinski definition) is 2. The van der Waals surface area contributed by atoms with Crippen molar-refractivity contribution in [2.45, 2.75) is 25.8 Å². The van der Waals surface area contributed by atoms with Crippen molar-refractivity contribution in [1.29, 1.82) is 0 Å². The minimum absolute atomic E-state index is 0.0504. The van der Waals surface area contributed by atoms with E-state index in [0.717, 1.165) is 30.1 Å². The zero-order valence-corrected chi connectivity index (χ0v) is 15.3. The largest absolute Gasteiger partial charge is 0.496 e. The van der Waals surface area contributed by atoms with Crippen LogP contribution in [0.15, 0.2) is 48.5 Å². The molecule has 2 aromatic carbocycles. The van der Waals surface area contributed by atoms with Crippen molar-refractivity contribution in [3.8, 4) is 5.75 Å². The second-order valence-corrected chi connectivity index (χ2v) is 6.56. The van der Waals surface area contributed by atoms with E-state index in [9.17, 15) is 4.79 Å². The number of ether oxygens (including phenoxy) is 1. The van der Waals surface area contributed by atoms with Crippen molar-refractivity contribution >= 4 is 17.3 Å². The van der Waals surface area contributed by atoms with Gasteiger partial charge in [0, 0.05) is 36.6 Å². The third-order valence-corrected chi connectivity index (χ3v) is 4.67. The summed E-state index contributed by atoms with van der Waals surface area (Å²) in [5.41, 5.74) is 3.10. The van der Waals surface area contributed by atoms with E-state index < -0.39 is 0 Å². The number of piperidine rings is 1. The Kier molecular flexibility index (Phi) is 6.50. The molecule has 0 aromatic heterocycles. The number of carbonyl (C=O) groups excluding carboxylic acids is 1. The first-order chi connectivity index (χ1) is 12.8. The van der Waals surface area contributed by atoms with Crippen LogP contribution in [0.4, 0.5) is 11.4 Å². The van der Waals surface area contributed by atoms with Crippen molar-refractivity contribution in [1.82, 2.24) is 5.32 Å². The molecule has 138 valence electrons. The fourth-order valence-corrected chi connectivity index (χ4v) is 3.27. The molecule has 1 amide bonds. The molecule has 2 N–H and O–H groups in total. The van der Waals surface area contributed by atoms with Crippen LogP contribution in [0.25, 0.3) is 0 Å². The maximum Gasteiger partial charge on any atom is 0.238 e. The van der Waals surface area contributed by atoms with E-state index in [1.54, 1.807) is 7.11 Å². The van der Waals surface area contributed by atoms with Crippen molar-refractivity contribution in [3.05, 3.63) is 54.1 Å². The number of rotatable bonds is 7. The average molecular weight is 353 g/mol. The van der Waals surface area contributed by atoms with E-state index >= 15 is 0 Å². The van der Waals surface area contributed by atoms with Crippen LogP contribution in [0.1, 0.15) is 24.8 Å². The quantitative estimate of drug-likeness (QED) is 0.801. The smallest absolute Gasteiger partial charge is 0.238 e. The van der Waals surface area contributed by atoms with Gasteiger partial charge in [-0.05, 0) is 49.6 Å². The molecule has 1 aliphatic rings. The van der Waals surface area contributed by atoms with Crippen LogP contribution in [0.5, 0.6) is 5.75 Å². The van der Waals surface area contributed by atoms with Crippen LogP contribution in [0.2, 0.25) is 0 Å². The average Bonchev–Trinajstić information content (AvgIpc) is 2.69. The van der Waals surface area contributed by atoms with Gasteiger partial charge in [0.05, 0.1) is 13.7 Å². The van der Waals surface area contributed by atoms with Gasteiger partial charge in [-0.2, -0.15) is 0 Å². The topological polar surface area (TPSA) is 53.6 Å². The summed E-state index contributed by atoms with van der Waals surface area (Å²) < 4.78 is 5.32. The number of carbonyl (C=O) groups is 1. The van der Waals surface area contributed by atoms with Crippen molar-refractivity contribution in [3.63, 3.8) is 0 Å². The standard InChI is InChI=1S/C21H27N3O2/c1-26-20-8-4-3-7-17(20)15-22-16-21(25)23-18-9-11-19(12-10-18)24-13-5-2-6-14-24/h3-4,7-12,22H,2,5-6,13-16H2,1H3,(H,23,25). The molecule has 0 aliphatic carbocycles. The van der Waals surface area contributed by atoms with Gasteiger partial charge in [0.15, 0.2) is 0 Å². The summed E-state index contributed by atoms with van der Waals surface area (Å²) in [5.74, 6) is 0.777. The van der Waals surface area contributed by atoms with Gasteiger partial charge in [-0.3, -0.25) is 4.79 Å². The molecule has 0 bridgehead atoms. The Morgan fingerprint density at radius 3 is 2.50 bits per heavy atom. The molecule has 0 radical (unpaired) electrons. The van der Waals surface area contributed by atoms with Gasteiger partial charge in [-0.25, -0.2) is 0 Å². The first-order valence-corrected chi connectivity index (χ1v) is 9.24. The number of anilines is 2. The van der Waals surface area contributed by atoms with Gasteiger partial charge in [-0.15, -0.1) is 0 Å². The second-order valence-electron chi connectivity index (χ2n) is 6.56. The normalized spacial score (nSPS) is 14.1. The molecule has 26 heavy (non-hydrogen) atoms. The monoisotopic (exact) mass is 353 g/mol. The summed E-state index contributed by atoms with van der Waals surface area (Å²) in [6.07, 6.45) is 3.85. The van der Waals surface area contributed by atoms with Crippen molar-refractivity contribution in [2.24, 2.45) is 0 Å². The lowest BCUT2D eigenvalue weighted by atomic mass is 10.1. The first-order valence-electron chi connectivity index (χ1n) is 9.24. The molecule has 0 spiro atoms. The van der Waals surface area contributed by atoms with Gasteiger partial charge in [0.25, 0.3) is 0 Å². The van der Waals surface area contributed by atoms with E-state index in [1.807, 2.05) is 36.4 Å². The predicted octanol–water partition coefficient (Wildman–Crippen LogP) is 3.41. The van der Waals surface area contributed by atoms with Crippen LogP contribution < -0.4 is 20.3 Å². The Balaban J connectivity index is 1.45. The van der Waals surface area contributed by atoms with Crippen LogP contribution in [0.3, 0.4) is 0 Å². The summed E-state index contributed by atoms with van der Waals surface area (Å²) in [6.45, 7) is 3.09. The zero-order chi connectivity index (χ0) is 18.2. The van der Waals surface area contributed by atoms with E-state index in [2.05, 4.69) is 27.7 Å². The SMILES string of the molecule is COc1ccccc1CNCC(=O)Nc1ccc(N2CCCCC2)cc1. The van der Waals surface area contributed by atoms with Gasteiger partial charge >= 0.3 is 0 Å². The number of methoxy groups -OCH3 is 1. The fraction of sp³-hybridized carbons (Fsp3) is 0.381. The number of amides is 1. The highest BCUT2D eigenvalue weighted by Gasteiger charge is 2.11. The van der Waals surface area contributed by atoms with E-state index in [1.165, 1.54) is 24.9 Å². The molecule has 1 saturated heterocycles. The Morgan fingerprint density at radius 1 is 1.04 bits per heavy atom. The highest BCUT2D eigenvalue weighted by Crippen LogP contribution is 2.21. The maximum absolute atomic E-state index is 12.1. The summed E-state index contributed by atoms with van der Waals surface area (Å²) in [5, 5.41) is 6.09. The molecular formula is C21H27N3O2. The van der Waals surface area contributed by atoms with Gasteiger partial charge < -0.3 is 20.3 Å². The zero-order valence-electron chi connectivity index (χ0n) is 15.3. The van der Waals surface area contributed by atoms with Gasteiger partial charge in [0.1, 0.15) is 5.75 Å². The first kappa shape index (κ1) is 18.3. The number of hydrogen-bond acceptors (Lipinski definition) is 4. The second kappa shape index (κ2) is 9.25. The lowest BCUT2D eigenvalue weighted by Gasteiger charge is -2.28. The molecule has 0 atom stereocenters. The Bertz CT molecular complexity index is 709. The van der Waals surface area contributed by atoms with Crippen LogP contribution in [-0.2, 0) is 11.3 Å². The van der Waals surface area contributed by atoms with Crippen LogP contribution in [-0.4, -0.2) is 32.7 Å². The fourth-order valence-electron chi connectivity index (χ4n) is 3.27. The number of nitrogens with zero attached hydrogens (tertiary/aromatic N) is 1. The summed E-state index contributed by atoms with van der Waals surface area (Å²) >= 11 is 0. The molecule has 0 saturated carbocycles. The number of benzene rings is 2. The van der Waals surface area contributed by atoms with E-state index in [0.29, 0.717) is 6.54 Å². The van der Waals surface area contributed by atoms with E-state index in [-0.39, 0.29) is 12.5 Å². The highest BCUT2D eigenvalue weighted by molar-refractivity contribution is 5.92. The van der Waals surface area contributed by atoms with Gasteiger partial charge in [0.2, 0.25) is 5.91 Å². The Labute approximate surface area is 155 Å².